The van der Waals surface area contributed by atoms with Gasteiger partial charge in [-0.25, -0.2) is 0 Å². The summed E-state index contributed by atoms with van der Waals surface area (Å²) in [6.07, 6.45) is 9.25. The minimum atomic E-state index is 0. The molecular formula is C15H31IN4. The molecule has 1 saturated heterocycles. The highest BCUT2D eigenvalue weighted by atomic mass is 127. The van der Waals surface area contributed by atoms with E-state index in [1.165, 1.54) is 58.0 Å². The Labute approximate surface area is 141 Å². The summed E-state index contributed by atoms with van der Waals surface area (Å²) in [6, 6.07) is 0.563. The Hall–Kier alpha value is -0.0400. The Kier molecular flexibility index (Phi) is 8.84. The first kappa shape index (κ1) is 18.0. The molecule has 4 nitrogen and oxygen atoms in total. The fourth-order valence-electron chi connectivity index (χ4n) is 3.30. The maximum Gasteiger partial charge on any atom is 0.188 e. The second-order valence-electron chi connectivity index (χ2n) is 6.29. The van der Waals surface area contributed by atoms with E-state index in [0.717, 1.165) is 19.0 Å². The summed E-state index contributed by atoms with van der Waals surface area (Å²) in [6.45, 7) is 6.69. The van der Waals surface area contributed by atoms with Gasteiger partial charge < -0.3 is 16.0 Å². The van der Waals surface area contributed by atoms with Crippen LogP contribution in [0.25, 0.3) is 0 Å². The lowest BCUT2D eigenvalue weighted by atomic mass is 9.96. The van der Waals surface area contributed by atoms with Crippen LogP contribution >= 0.6 is 24.0 Å². The molecule has 5 heteroatoms. The van der Waals surface area contributed by atoms with Gasteiger partial charge in [0, 0.05) is 19.1 Å². The molecule has 0 spiro atoms. The number of hydrogen-bond acceptors (Lipinski definition) is 2. The Bertz CT molecular complexity index is 290. The van der Waals surface area contributed by atoms with Gasteiger partial charge in [-0.15, -0.1) is 24.0 Å². The van der Waals surface area contributed by atoms with Gasteiger partial charge in [0.15, 0.2) is 5.96 Å². The minimum absolute atomic E-state index is 0. The second-order valence-corrected chi connectivity index (χ2v) is 6.29. The third-order valence-electron chi connectivity index (χ3n) is 4.40. The number of aliphatic imine (C=N–C) groups is 1. The van der Waals surface area contributed by atoms with Crippen LogP contribution in [-0.4, -0.2) is 43.1 Å². The van der Waals surface area contributed by atoms with Crippen molar-refractivity contribution in [2.45, 2.75) is 57.9 Å². The molecule has 0 aromatic rings. The largest absolute Gasteiger partial charge is 0.370 e. The number of nitrogens with zero attached hydrogens (tertiary/aromatic N) is 2. The SMILES string of the molecule is CC1CCCN(CCN=C(N)NC2CCCCC2)C1.I. The predicted molar refractivity (Wildman–Crippen MR) is 96.8 cm³/mol. The zero-order valence-electron chi connectivity index (χ0n) is 12.8. The first-order chi connectivity index (χ1) is 9.24. The fourth-order valence-corrected chi connectivity index (χ4v) is 3.30. The van der Waals surface area contributed by atoms with Crippen LogP contribution in [0, 0.1) is 5.92 Å². The molecule has 20 heavy (non-hydrogen) atoms. The Balaban J connectivity index is 0.00000200. The summed E-state index contributed by atoms with van der Waals surface area (Å²) in [7, 11) is 0. The summed E-state index contributed by atoms with van der Waals surface area (Å²) >= 11 is 0. The van der Waals surface area contributed by atoms with Crippen LogP contribution in [0.2, 0.25) is 0 Å². The zero-order chi connectivity index (χ0) is 13.5. The molecular weight excluding hydrogens is 363 g/mol. The normalized spacial score (nSPS) is 26.1. The molecule has 2 rings (SSSR count). The third kappa shape index (κ3) is 6.61. The molecule has 2 fully saturated rings. The lowest BCUT2D eigenvalue weighted by molar-refractivity contribution is 0.189. The van der Waals surface area contributed by atoms with Crippen molar-refractivity contribution in [3.05, 3.63) is 0 Å². The number of guanidine groups is 1. The molecule has 1 unspecified atom stereocenters. The van der Waals surface area contributed by atoms with E-state index in [-0.39, 0.29) is 24.0 Å². The molecule has 0 aromatic heterocycles. The van der Waals surface area contributed by atoms with Crippen molar-refractivity contribution in [1.82, 2.24) is 10.2 Å². The molecule has 0 radical (unpaired) electrons. The maximum absolute atomic E-state index is 5.97. The number of nitrogens with two attached hydrogens (primary N) is 1. The van der Waals surface area contributed by atoms with Crippen LogP contribution in [0.1, 0.15) is 51.9 Å². The number of likely N-dealkylation sites (tertiary alicyclic amines) is 1. The highest BCUT2D eigenvalue weighted by molar-refractivity contribution is 14.0. The quantitative estimate of drug-likeness (QED) is 0.438. The molecule has 0 bridgehead atoms. The summed E-state index contributed by atoms with van der Waals surface area (Å²) in [5.41, 5.74) is 5.97. The van der Waals surface area contributed by atoms with E-state index in [1.807, 2.05) is 0 Å². The molecule has 1 heterocycles. The number of piperidine rings is 1. The van der Waals surface area contributed by atoms with E-state index in [9.17, 15) is 0 Å². The average Bonchev–Trinajstić information content (AvgIpc) is 2.40. The first-order valence-corrected chi connectivity index (χ1v) is 8.03. The van der Waals surface area contributed by atoms with Gasteiger partial charge in [0.05, 0.1) is 6.54 Å². The van der Waals surface area contributed by atoms with E-state index in [1.54, 1.807) is 0 Å². The number of rotatable bonds is 4. The maximum atomic E-state index is 5.97. The molecule has 118 valence electrons. The summed E-state index contributed by atoms with van der Waals surface area (Å²) < 4.78 is 0. The van der Waals surface area contributed by atoms with Crippen LogP contribution in [0.3, 0.4) is 0 Å². The lowest BCUT2D eigenvalue weighted by Gasteiger charge is -2.30. The number of nitrogens with one attached hydrogen (secondary N) is 1. The van der Waals surface area contributed by atoms with Gasteiger partial charge in [-0.1, -0.05) is 26.2 Å². The van der Waals surface area contributed by atoms with Crippen molar-refractivity contribution >= 4 is 29.9 Å². The first-order valence-electron chi connectivity index (χ1n) is 8.03. The van der Waals surface area contributed by atoms with Crippen molar-refractivity contribution in [2.24, 2.45) is 16.6 Å². The lowest BCUT2D eigenvalue weighted by Crippen LogP contribution is -2.42. The predicted octanol–water partition coefficient (Wildman–Crippen LogP) is 2.57. The highest BCUT2D eigenvalue weighted by Gasteiger charge is 2.16. The van der Waals surface area contributed by atoms with Gasteiger partial charge in [0.2, 0.25) is 0 Å². The van der Waals surface area contributed by atoms with E-state index >= 15 is 0 Å². The van der Waals surface area contributed by atoms with E-state index < -0.39 is 0 Å². The van der Waals surface area contributed by atoms with E-state index in [4.69, 9.17) is 5.73 Å². The second kappa shape index (κ2) is 9.82. The number of hydrogen-bond donors (Lipinski definition) is 2. The Morgan fingerprint density at radius 3 is 2.65 bits per heavy atom. The topological polar surface area (TPSA) is 53.6 Å². The average molecular weight is 394 g/mol. The Morgan fingerprint density at radius 1 is 1.20 bits per heavy atom. The molecule has 2 aliphatic rings. The van der Waals surface area contributed by atoms with Gasteiger partial charge in [-0.05, 0) is 38.1 Å². The molecule has 1 aliphatic carbocycles. The summed E-state index contributed by atoms with van der Waals surface area (Å²) in [4.78, 5) is 7.00. The van der Waals surface area contributed by atoms with Crippen molar-refractivity contribution in [3.63, 3.8) is 0 Å². The Morgan fingerprint density at radius 2 is 1.95 bits per heavy atom. The van der Waals surface area contributed by atoms with Crippen LogP contribution < -0.4 is 11.1 Å². The molecule has 0 amide bonds. The molecule has 3 N–H and O–H groups in total. The third-order valence-corrected chi connectivity index (χ3v) is 4.40. The molecule has 1 aliphatic heterocycles. The van der Waals surface area contributed by atoms with Crippen molar-refractivity contribution in [3.8, 4) is 0 Å². The zero-order valence-corrected chi connectivity index (χ0v) is 15.1. The van der Waals surface area contributed by atoms with Crippen LogP contribution in [0.4, 0.5) is 0 Å². The molecule has 0 aromatic carbocycles. The van der Waals surface area contributed by atoms with E-state index in [2.05, 4.69) is 22.1 Å². The smallest absolute Gasteiger partial charge is 0.188 e. The number of halogens is 1. The van der Waals surface area contributed by atoms with Crippen molar-refractivity contribution in [2.75, 3.05) is 26.2 Å². The van der Waals surface area contributed by atoms with Gasteiger partial charge >= 0.3 is 0 Å². The van der Waals surface area contributed by atoms with E-state index in [0.29, 0.717) is 12.0 Å². The van der Waals surface area contributed by atoms with Crippen LogP contribution in [-0.2, 0) is 0 Å². The van der Waals surface area contributed by atoms with Crippen LogP contribution in [0.5, 0.6) is 0 Å². The van der Waals surface area contributed by atoms with Gasteiger partial charge in [-0.3, -0.25) is 4.99 Å². The summed E-state index contributed by atoms with van der Waals surface area (Å²) in [5.74, 6) is 1.49. The molecule has 1 saturated carbocycles. The summed E-state index contributed by atoms with van der Waals surface area (Å²) in [5, 5.41) is 3.37. The standard InChI is InChI=1S/C15H30N4.HI/c1-13-6-5-10-19(12-13)11-9-17-15(16)18-14-7-3-2-4-8-14;/h13-14H,2-12H2,1H3,(H3,16,17,18);1H. The molecule has 1 atom stereocenters. The van der Waals surface area contributed by atoms with Gasteiger partial charge in [-0.2, -0.15) is 0 Å². The van der Waals surface area contributed by atoms with Crippen molar-refractivity contribution in [1.29, 1.82) is 0 Å². The van der Waals surface area contributed by atoms with Crippen molar-refractivity contribution < 1.29 is 0 Å². The monoisotopic (exact) mass is 394 g/mol. The minimum Gasteiger partial charge on any atom is -0.370 e. The van der Waals surface area contributed by atoms with Gasteiger partial charge in [0.1, 0.15) is 0 Å². The van der Waals surface area contributed by atoms with Gasteiger partial charge in [0.25, 0.3) is 0 Å². The highest BCUT2D eigenvalue weighted by Crippen LogP contribution is 2.17. The van der Waals surface area contributed by atoms with Crippen LogP contribution in [0.15, 0.2) is 4.99 Å². The fraction of sp³-hybridized carbons (Fsp3) is 0.933.